The molecule has 2 aromatic carbocycles. The van der Waals surface area contributed by atoms with Gasteiger partial charge in [-0.2, -0.15) is 18.3 Å². The van der Waals surface area contributed by atoms with E-state index >= 15 is 0 Å². The first-order valence-electron chi connectivity index (χ1n) is 8.66. The summed E-state index contributed by atoms with van der Waals surface area (Å²) in [6.07, 6.45) is -4.37. The number of thiazole rings is 1. The smallest absolute Gasteiger partial charge is 0.303 e. The van der Waals surface area contributed by atoms with Crippen LogP contribution in [-0.2, 0) is 12.7 Å². The number of rotatable bonds is 4. The van der Waals surface area contributed by atoms with Gasteiger partial charge < -0.3 is 5.32 Å². The van der Waals surface area contributed by atoms with Crippen LogP contribution in [0.3, 0.4) is 0 Å². The summed E-state index contributed by atoms with van der Waals surface area (Å²) in [5, 5.41) is 8.00. The third kappa shape index (κ3) is 3.86. The summed E-state index contributed by atoms with van der Waals surface area (Å²) in [4.78, 5) is 17.4. The third-order valence-electron chi connectivity index (χ3n) is 4.46. The molecule has 0 unspecified atom stereocenters. The fourth-order valence-corrected chi connectivity index (χ4v) is 3.58. The van der Waals surface area contributed by atoms with Gasteiger partial charge in [0.2, 0.25) is 0 Å². The number of hydrogen-bond acceptors (Lipinski definition) is 4. The molecular weight excluding hydrogens is 401 g/mol. The van der Waals surface area contributed by atoms with E-state index in [9.17, 15) is 18.0 Å². The Morgan fingerprint density at radius 2 is 1.86 bits per heavy atom. The fourth-order valence-electron chi connectivity index (χ4n) is 3.00. The maximum absolute atomic E-state index is 12.8. The summed E-state index contributed by atoms with van der Waals surface area (Å²) in [6, 6.07) is 12.3. The molecule has 0 aliphatic heterocycles. The zero-order chi connectivity index (χ0) is 20.6. The molecule has 2 heterocycles. The van der Waals surface area contributed by atoms with Gasteiger partial charge in [0, 0.05) is 10.3 Å². The number of hydrogen-bond donors (Lipinski definition) is 1. The zero-order valence-electron chi connectivity index (χ0n) is 15.2. The van der Waals surface area contributed by atoms with Crippen LogP contribution in [0, 0.1) is 6.92 Å². The third-order valence-corrected chi connectivity index (χ3v) is 5.22. The molecule has 1 amide bonds. The molecule has 0 saturated heterocycles. The molecule has 4 aromatic rings. The average Bonchev–Trinajstić information content (AvgIpc) is 3.26. The van der Waals surface area contributed by atoms with Crippen LogP contribution in [-0.4, -0.2) is 20.7 Å². The van der Waals surface area contributed by atoms with Gasteiger partial charge in [0.25, 0.3) is 5.91 Å². The van der Waals surface area contributed by atoms with E-state index in [0.29, 0.717) is 17.1 Å². The Balaban J connectivity index is 1.64. The van der Waals surface area contributed by atoms with E-state index in [0.717, 1.165) is 27.9 Å². The number of benzene rings is 2. The number of aryl methyl sites for hydroxylation is 1. The molecule has 0 saturated carbocycles. The summed E-state index contributed by atoms with van der Waals surface area (Å²) >= 11 is 1.38. The van der Waals surface area contributed by atoms with Crippen LogP contribution in [0.1, 0.15) is 26.5 Å². The first-order valence-corrected chi connectivity index (χ1v) is 9.54. The highest BCUT2D eigenvalue weighted by Gasteiger charge is 2.30. The summed E-state index contributed by atoms with van der Waals surface area (Å²) in [6.45, 7) is 2.08. The number of para-hydroxylation sites is 1. The number of halogens is 3. The van der Waals surface area contributed by atoms with Crippen molar-refractivity contribution >= 4 is 34.0 Å². The van der Waals surface area contributed by atoms with E-state index in [2.05, 4.69) is 15.4 Å². The van der Waals surface area contributed by atoms with E-state index < -0.39 is 11.7 Å². The Morgan fingerprint density at radius 3 is 2.52 bits per heavy atom. The van der Waals surface area contributed by atoms with Crippen LogP contribution in [0.2, 0.25) is 0 Å². The van der Waals surface area contributed by atoms with E-state index in [-0.39, 0.29) is 12.5 Å². The van der Waals surface area contributed by atoms with Crippen LogP contribution in [0.15, 0.2) is 54.0 Å². The standard InChI is InChI=1S/C20H15F3N4OS/c1-12-17(24-11-29-12)19(28)25-18-15-4-2-3-5-16(15)27(26-18)10-13-6-8-14(9-7-13)20(21,22)23/h2-9,11H,10H2,1H3,(H,25,26,28). The maximum atomic E-state index is 12.8. The minimum Gasteiger partial charge on any atom is -0.303 e. The number of carbonyl (C=O) groups excluding carboxylic acids is 1. The predicted molar refractivity (Wildman–Crippen MR) is 105 cm³/mol. The number of nitrogens with zero attached hydrogens (tertiary/aromatic N) is 3. The fraction of sp³-hybridized carbons (Fsp3) is 0.150. The van der Waals surface area contributed by atoms with E-state index in [1.165, 1.54) is 23.5 Å². The number of amides is 1. The van der Waals surface area contributed by atoms with Crippen molar-refractivity contribution in [2.24, 2.45) is 0 Å². The minimum absolute atomic E-state index is 0.268. The van der Waals surface area contributed by atoms with Crippen molar-refractivity contribution in [1.29, 1.82) is 0 Å². The van der Waals surface area contributed by atoms with Gasteiger partial charge >= 0.3 is 6.18 Å². The highest BCUT2D eigenvalue weighted by Crippen LogP contribution is 2.30. The first-order chi connectivity index (χ1) is 13.8. The lowest BCUT2D eigenvalue weighted by Crippen LogP contribution is -2.14. The number of anilines is 1. The number of carbonyl (C=O) groups is 1. The van der Waals surface area contributed by atoms with E-state index in [1.54, 1.807) is 10.2 Å². The highest BCUT2D eigenvalue weighted by molar-refractivity contribution is 7.09. The summed E-state index contributed by atoms with van der Waals surface area (Å²) < 4.78 is 39.9. The second kappa shape index (κ2) is 7.32. The largest absolute Gasteiger partial charge is 0.416 e. The lowest BCUT2D eigenvalue weighted by Gasteiger charge is -2.08. The van der Waals surface area contributed by atoms with Gasteiger partial charge in [0.05, 0.1) is 23.1 Å². The molecule has 0 atom stereocenters. The molecular formula is C20H15F3N4OS. The van der Waals surface area contributed by atoms with Gasteiger partial charge in [-0.05, 0) is 36.8 Å². The Bertz CT molecular complexity index is 1180. The second-order valence-corrected chi connectivity index (χ2v) is 7.49. The lowest BCUT2D eigenvalue weighted by molar-refractivity contribution is -0.137. The Hall–Kier alpha value is -3.20. The van der Waals surface area contributed by atoms with Crippen molar-refractivity contribution in [2.45, 2.75) is 19.6 Å². The minimum atomic E-state index is -4.37. The maximum Gasteiger partial charge on any atom is 0.416 e. The summed E-state index contributed by atoms with van der Waals surface area (Å²) in [5.74, 6) is 0.0265. The van der Waals surface area contributed by atoms with Crippen LogP contribution in [0.4, 0.5) is 19.0 Å². The molecule has 0 spiro atoms. The summed E-state index contributed by atoms with van der Waals surface area (Å²) in [7, 11) is 0. The normalized spacial score (nSPS) is 11.7. The highest BCUT2D eigenvalue weighted by atomic mass is 32.1. The van der Waals surface area contributed by atoms with Gasteiger partial charge in [0.1, 0.15) is 5.69 Å². The van der Waals surface area contributed by atoms with Crippen molar-refractivity contribution in [3.05, 3.63) is 75.7 Å². The van der Waals surface area contributed by atoms with Crippen molar-refractivity contribution < 1.29 is 18.0 Å². The molecule has 148 valence electrons. The molecule has 1 N–H and O–H groups in total. The first kappa shape index (κ1) is 19.1. The molecule has 2 aromatic heterocycles. The van der Waals surface area contributed by atoms with Gasteiger partial charge in [-0.1, -0.05) is 24.3 Å². The second-order valence-electron chi connectivity index (χ2n) is 6.43. The molecule has 4 rings (SSSR count). The topological polar surface area (TPSA) is 59.8 Å². The van der Waals surface area contributed by atoms with Crippen molar-refractivity contribution in [3.8, 4) is 0 Å². The molecule has 5 nitrogen and oxygen atoms in total. The lowest BCUT2D eigenvalue weighted by atomic mass is 10.1. The molecule has 9 heteroatoms. The van der Waals surface area contributed by atoms with E-state index in [1.807, 2.05) is 31.2 Å². The Morgan fingerprint density at radius 1 is 1.14 bits per heavy atom. The zero-order valence-corrected chi connectivity index (χ0v) is 16.0. The van der Waals surface area contributed by atoms with Crippen LogP contribution >= 0.6 is 11.3 Å². The van der Waals surface area contributed by atoms with Crippen LogP contribution in [0.25, 0.3) is 10.9 Å². The molecule has 0 aliphatic rings. The van der Waals surface area contributed by atoms with Gasteiger partial charge in [0.15, 0.2) is 5.82 Å². The monoisotopic (exact) mass is 416 g/mol. The number of aromatic nitrogens is 3. The quantitative estimate of drug-likeness (QED) is 0.502. The number of alkyl halides is 3. The van der Waals surface area contributed by atoms with Gasteiger partial charge in [-0.15, -0.1) is 11.3 Å². The average molecular weight is 416 g/mol. The molecule has 0 fully saturated rings. The van der Waals surface area contributed by atoms with Gasteiger partial charge in [-0.25, -0.2) is 4.98 Å². The van der Waals surface area contributed by atoms with Crippen molar-refractivity contribution in [2.75, 3.05) is 5.32 Å². The van der Waals surface area contributed by atoms with Crippen LogP contribution in [0.5, 0.6) is 0 Å². The molecule has 0 bridgehead atoms. The summed E-state index contributed by atoms with van der Waals surface area (Å²) in [5.41, 5.74) is 2.68. The predicted octanol–water partition coefficient (Wildman–Crippen LogP) is 5.12. The Kier molecular flexibility index (Phi) is 4.83. The number of fused-ring (bicyclic) bond motifs is 1. The molecule has 29 heavy (non-hydrogen) atoms. The molecule has 0 radical (unpaired) electrons. The number of nitrogens with one attached hydrogen (secondary N) is 1. The van der Waals surface area contributed by atoms with Crippen molar-refractivity contribution in [1.82, 2.24) is 14.8 Å². The van der Waals surface area contributed by atoms with E-state index in [4.69, 9.17) is 0 Å². The Labute approximate surface area is 167 Å². The van der Waals surface area contributed by atoms with Crippen LogP contribution < -0.4 is 5.32 Å². The SMILES string of the molecule is Cc1scnc1C(=O)Nc1nn(Cc2ccc(C(F)(F)F)cc2)c2ccccc12. The van der Waals surface area contributed by atoms with Crippen molar-refractivity contribution in [3.63, 3.8) is 0 Å². The van der Waals surface area contributed by atoms with Gasteiger partial charge in [-0.3, -0.25) is 9.48 Å². The molecule has 0 aliphatic carbocycles.